The number of hydroxylamine groups is 2. The first-order chi connectivity index (χ1) is 7.30. The molecule has 2 saturated heterocycles. The minimum atomic E-state index is -0.100. The second kappa shape index (κ2) is 3.56. The molecule has 1 aliphatic carbocycles. The zero-order valence-electron chi connectivity index (χ0n) is 9.21. The zero-order valence-corrected chi connectivity index (χ0v) is 9.21. The van der Waals surface area contributed by atoms with E-state index in [1.54, 1.807) is 0 Å². The lowest BCUT2D eigenvalue weighted by Crippen LogP contribution is -2.44. The molecule has 3 fully saturated rings. The average molecular weight is 209 g/mol. The van der Waals surface area contributed by atoms with E-state index in [0.717, 1.165) is 13.0 Å². The van der Waals surface area contributed by atoms with Crippen LogP contribution >= 0.6 is 0 Å². The highest BCUT2D eigenvalue weighted by Gasteiger charge is 2.51. The summed E-state index contributed by atoms with van der Waals surface area (Å²) in [7, 11) is 0. The van der Waals surface area contributed by atoms with Gasteiger partial charge in [-0.15, -0.1) is 0 Å². The number of nitrogens with zero attached hydrogens (tertiary/aromatic N) is 1. The van der Waals surface area contributed by atoms with Gasteiger partial charge in [-0.3, -0.25) is 9.63 Å². The van der Waals surface area contributed by atoms with Gasteiger partial charge in [-0.2, -0.15) is 5.06 Å². The average Bonchev–Trinajstić information content (AvgIpc) is 2.37. The van der Waals surface area contributed by atoms with Crippen LogP contribution in [0.5, 0.6) is 0 Å². The highest BCUT2D eigenvalue weighted by molar-refractivity contribution is 5.84. The van der Waals surface area contributed by atoms with Gasteiger partial charge >= 0.3 is 0 Å². The van der Waals surface area contributed by atoms with E-state index in [0.29, 0.717) is 12.2 Å². The van der Waals surface area contributed by atoms with E-state index >= 15 is 0 Å². The maximum absolute atomic E-state index is 11.6. The molecule has 0 aromatic rings. The Balaban J connectivity index is 1.83. The molecule has 84 valence electrons. The fourth-order valence-corrected chi connectivity index (χ4v) is 3.42. The van der Waals surface area contributed by atoms with E-state index in [4.69, 9.17) is 4.84 Å². The molecule has 0 aromatic carbocycles. The van der Waals surface area contributed by atoms with Crippen LogP contribution in [0, 0.1) is 0 Å². The molecule has 3 nitrogen and oxygen atoms in total. The van der Waals surface area contributed by atoms with E-state index in [1.807, 2.05) is 0 Å². The molecule has 2 unspecified atom stereocenters. The first-order valence-electron chi connectivity index (χ1n) is 6.27. The van der Waals surface area contributed by atoms with Gasteiger partial charge < -0.3 is 0 Å². The topological polar surface area (TPSA) is 29.5 Å². The smallest absolute Gasteiger partial charge is 0.165 e. The van der Waals surface area contributed by atoms with Crippen molar-refractivity contribution < 1.29 is 9.63 Å². The lowest BCUT2D eigenvalue weighted by molar-refractivity contribution is -0.207. The van der Waals surface area contributed by atoms with Crippen molar-refractivity contribution in [3.63, 3.8) is 0 Å². The number of carbonyl (C=O) groups excluding carboxylic acids is 1. The molecule has 15 heavy (non-hydrogen) atoms. The van der Waals surface area contributed by atoms with E-state index in [2.05, 4.69) is 5.06 Å². The van der Waals surface area contributed by atoms with Gasteiger partial charge in [0.15, 0.2) is 5.78 Å². The minimum absolute atomic E-state index is 0.100. The van der Waals surface area contributed by atoms with Crippen LogP contribution in [0.3, 0.4) is 0 Å². The molecule has 2 bridgehead atoms. The van der Waals surface area contributed by atoms with Gasteiger partial charge in [-0.25, -0.2) is 0 Å². The summed E-state index contributed by atoms with van der Waals surface area (Å²) in [5, 5.41) is 2.16. The number of hydrogen-bond donors (Lipinski definition) is 0. The number of hydrogen-bond acceptors (Lipinski definition) is 3. The third-order valence-corrected chi connectivity index (χ3v) is 4.30. The van der Waals surface area contributed by atoms with Crippen molar-refractivity contribution in [2.24, 2.45) is 0 Å². The van der Waals surface area contributed by atoms with E-state index in [-0.39, 0.29) is 11.6 Å². The van der Waals surface area contributed by atoms with Gasteiger partial charge in [-0.05, 0) is 12.8 Å². The van der Waals surface area contributed by atoms with Crippen molar-refractivity contribution in [3.8, 4) is 0 Å². The first kappa shape index (κ1) is 9.79. The Kier molecular flexibility index (Phi) is 2.33. The molecule has 1 spiro atoms. The summed E-state index contributed by atoms with van der Waals surface area (Å²) in [6, 6.07) is 0. The van der Waals surface area contributed by atoms with E-state index in [1.165, 1.54) is 38.5 Å². The largest absolute Gasteiger partial charge is 0.297 e. The lowest BCUT2D eigenvalue weighted by Gasteiger charge is -2.35. The van der Waals surface area contributed by atoms with Crippen molar-refractivity contribution in [3.05, 3.63) is 0 Å². The summed E-state index contributed by atoms with van der Waals surface area (Å²) < 4.78 is 0. The summed E-state index contributed by atoms with van der Waals surface area (Å²) in [6.45, 7) is 0.829. The number of carbonyl (C=O) groups is 1. The van der Waals surface area contributed by atoms with Gasteiger partial charge in [-0.1, -0.05) is 25.7 Å². The maximum atomic E-state index is 11.6. The Morgan fingerprint density at radius 2 is 1.93 bits per heavy atom. The number of rotatable bonds is 0. The van der Waals surface area contributed by atoms with Gasteiger partial charge in [0, 0.05) is 24.9 Å². The quantitative estimate of drug-likeness (QED) is 0.611. The van der Waals surface area contributed by atoms with Crippen LogP contribution in [0.25, 0.3) is 0 Å². The zero-order chi connectivity index (χ0) is 10.3. The van der Waals surface area contributed by atoms with Crippen LogP contribution in [0.15, 0.2) is 0 Å². The Morgan fingerprint density at radius 1 is 1.20 bits per heavy atom. The Labute approximate surface area is 90.7 Å². The third-order valence-electron chi connectivity index (χ3n) is 4.30. The lowest BCUT2D eigenvalue weighted by atomic mass is 9.85. The van der Waals surface area contributed by atoms with Crippen LogP contribution in [0.1, 0.15) is 51.4 Å². The number of Topliss-reactive ketones (excluding diaryl/α,β-unsaturated/α-hetero) is 1. The van der Waals surface area contributed by atoms with Gasteiger partial charge in [0.1, 0.15) is 6.10 Å². The van der Waals surface area contributed by atoms with Gasteiger partial charge in [0.25, 0.3) is 0 Å². The molecular formula is C12H19NO2. The monoisotopic (exact) mass is 209 g/mol. The van der Waals surface area contributed by atoms with E-state index in [9.17, 15) is 4.79 Å². The van der Waals surface area contributed by atoms with E-state index < -0.39 is 0 Å². The molecule has 0 aromatic heterocycles. The predicted molar refractivity (Wildman–Crippen MR) is 56.3 cm³/mol. The predicted octanol–water partition coefficient (Wildman–Crippen LogP) is 2.06. The summed E-state index contributed by atoms with van der Waals surface area (Å²) in [4.78, 5) is 17.4. The second-order valence-corrected chi connectivity index (χ2v) is 5.26. The molecule has 2 heterocycles. The standard InChI is InChI=1S/C12H19NO2/c14-10-5-8-13-12(9-11(10)15-13)6-3-1-2-4-7-12/h11H,1-9H2. The fraction of sp³-hybridized carbons (Fsp3) is 0.917. The van der Waals surface area contributed by atoms with Crippen LogP contribution in [0.2, 0.25) is 0 Å². The summed E-state index contributed by atoms with van der Waals surface area (Å²) in [6.07, 6.45) is 9.35. The van der Waals surface area contributed by atoms with Gasteiger partial charge in [0.05, 0.1) is 0 Å². The second-order valence-electron chi connectivity index (χ2n) is 5.26. The molecule has 0 radical (unpaired) electrons. The first-order valence-corrected chi connectivity index (χ1v) is 6.27. The van der Waals surface area contributed by atoms with Crippen molar-refractivity contribution in [1.29, 1.82) is 0 Å². The summed E-state index contributed by atoms with van der Waals surface area (Å²) in [5.41, 5.74) is 0.229. The van der Waals surface area contributed by atoms with Crippen LogP contribution < -0.4 is 0 Å². The molecule has 3 heteroatoms. The van der Waals surface area contributed by atoms with Crippen molar-refractivity contribution in [2.75, 3.05) is 6.54 Å². The molecule has 0 amide bonds. The third kappa shape index (κ3) is 1.53. The molecule has 0 N–H and O–H groups in total. The van der Waals surface area contributed by atoms with Gasteiger partial charge in [0.2, 0.25) is 0 Å². The van der Waals surface area contributed by atoms with Crippen LogP contribution in [-0.4, -0.2) is 29.0 Å². The normalized spacial score (nSPS) is 39.3. The van der Waals surface area contributed by atoms with Crippen molar-refractivity contribution >= 4 is 5.78 Å². The van der Waals surface area contributed by atoms with Crippen LogP contribution in [-0.2, 0) is 9.63 Å². The van der Waals surface area contributed by atoms with Crippen LogP contribution in [0.4, 0.5) is 0 Å². The Hall–Kier alpha value is -0.410. The molecule has 2 atom stereocenters. The highest BCUT2D eigenvalue weighted by Crippen LogP contribution is 2.44. The Bertz CT molecular complexity index is 269. The Morgan fingerprint density at radius 3 is 2.60 bits per heavy atom. The molecular weight excluding hydrogens is 190 g/mol. The number of fused-ring (bicyclic) bond motifs is 3. The minimum Gasteiger partial charge on any atom is -0.297 e. The molecule has 3 rings (SSSR count). The fourth-order valence-electron chi connectivity index (χ4n) is 3.42. The summed E-state index contributed by atoms with van der Waals surface area (Å²) >= 11 is 0. The maximum Gasteiger partial charge on any atom is 0.165 e. The van der Waals surface area contributed by atoms with Crippen molar-refractivity contribution in [1.82, 2.24) is 5.06 Å². The van der Waals surface area contributed by atoms with Crippen molar-refractivity contribution in [2.45, 2.75) is 63.0 Å². The molecule has 3 aliphatic rings. The SMILES string of the molecule is O=C1CCN2OC1CC21CCCCCC1. The number of ketones is 1. The highest BCUT2D eigenvalue weighted by atomic mass is 16.7. The summed E-state index contributed by atoms with van der Waals surface area (Å²) in [5.74, 6) is 0.326. The molecule has 1 saturated carbocycles. The molecule has 2 aliphatic heterocycles.